The fourth-order valence-electron chi connectivity index (χ4n) is 3.23. The van der Waals surface area contributed by atoms with E-state index in [9.17, 15) is 10.1 Å². The topological polar surface area (TPSA) is 61.0 Å². The predicted molar refractivity (Wildman–Crippen MR) is 80.1 cm³/mol. The second-order valence-corrected chi connectivity index (χ2v) is 5.24. The first-order valence-electron chi connectivity index (χ1n) is 6.97. The van der Waals surface area contributed by atoms with E-state index in [-0.39, 0.29) is 10.6 Å². The summed E-state index contributed by atoms with van der Waals surface area (Å²) in [6, 6.07) is 11.5. The van der Waals surface area contributed by atoms with Gasteiger partial charge in [0, 0.05) is 18.3 Å². The van der Waals surface area contributed by atoms with Crippen LogP contribution in [0.1, 0.15) is 12.0 Å². The number of nitrogens with zero attached hydrogens (tertiary/aromatic N) is 3. The van der Waals surface area contributed by atoms with Gasteiger partial charge in [-0.2, -0.15) is 0 Å². The van der Waals surface area contributed by atoms with Crippen LogP contribution < -0.4 is 0 Å². The van der Waals surface area contributed by atoms with E-state index in [1.54, 1.807) is 18.3 Å². The molecule has 1 aliphatic heterocycles. The van der Waals surface area contributed by atoms with Crippen molar-refractivity contribution < 1.29 is 4.92 Å². The number of benzene rings is 1. The van der Waals surface area contributed by atoms with Gasteiger partial charge in [-0.1, -0.05) is 24.3 Å². The van der Waals surface area contributed by atoms with Gasteiger partial charge in [0.1, 0.15) is 11.3 Å². The molecule has 0 atom stereocenters. The van der Waals surface area contributed by atoms with Crippen LogP contribution in [0.15, 0.2) is 42.6 Å². The molecule has 3 heterocycles. The molecular formula is C16H13N3O2. The SMILES string of the molecule is O=[N+]([O-])c1c2n(c3ncccc13)CCCc1ccccc1-2. The number of pyridine rings is 1. The highest BCUT2D eigenvalue weighted by Gasteiger charge is 2.30. The second kappa shape index (κ2) is 4.41. The summed E-state index contributed by atoms with van der Waals surface area (Å²) in [7, 11) is 0. The Bertz CT molecular complexity index is 867. The smallest absolute Gasteiger partial charge is 0.304 e. The maximum Gasteiger partial charge on any atom is 0.304 e. The molecule has 2 aromatic heterocycles. The number of fused-ring (bicyclic) bond motifs is 5. The van der Waals surface area contributed by atoms with Crippen LogP contribution in [0, 0.1) is 10.1 Å². The van der Waals surface area contributed by atoms with Crippen molar-refractivity contribution in [3.8, 4) is 11.3 Å². The van der Waals surface area contributed by atoms with E-state index < -0.39 is 0 Å². The molecule has 3 aromatic rings. The van der Waals surface area contributed by atoms with Gasteiger partial charge in [-0.15, -0.1) is 0 Å². The number of nitro groups is 1. The number of aryl methyl sites for hydroxylation is 2. The Hall–Kier alpha value is -2.69. The summed E-state index contributed by atoms with van der Waals surface area (Å²) in [6.07, 6.45) is 3.58. The lowest BCUT2D eigenvalue weighted by molar-refractivity contribution is -0.382. The van der Waals surface area contributed by atoms with Crippen molar-refractivity contribution in [3.63, 3.8) is 0 Å². The minimum atomic E-state index is -0.280. The van der Waals surface area contributed by atoms with Gasteiger partial charge in [0.05, 0.1) is 10.3 Å². The van der Waals surface area contributed by atoms with Crippen LogP contribution in [0.3, 0.4) is 0 Å². The highest BCUT2D eigenvalue weighted by Crippen LogP contribution is 2.41. The van der Waals surface area contributed by atoms with Crippen LogP contribution >= 0.6 is 0 Å². The van der Waals surface area contributed by atoms with E-state index in [2.05, 4.69) is 11.1 Å². The Labute approximate surface area is 121 Å². The largest absolute Gasteiger partial charge is 0.319 e. The summed E-state index contributed by atoms with van der Waals surface area (Å²) < 4.78 is 2.00. The third-order valence-electron chi connectivity index (χ3n) is 4.07. The second-order valence-electron chi connectivity index (χ2n) is 5.24. The first kappa shape index (κ1) is 12.1. The summed E-state index contributed by atoms with van der Waals surface area (Å²) in [5.41, 5.74) is 3.70. The molecule has 104 valence electrons. The van der Waals surface area contributed by atoms with Gasteiger partial charge < -0.3 is 4.57 Å². The first-order chi connectivity index (χ1) is 10.3. The molecule has 0 amide bonds. The number of hydrogen-bond acceptors (Lipinski definition) is 3. The minimum absolute atomic E-state index is 0.174. The molecular weight excluding hydrogens is 266 g/mol. The van der Waals surface area contributed by atoms with Crippen molar-refractivity contribution in [2.75, 3.05) is 0 Å². The maximum absolute atomic E-state index is 11.6. The molecule has 0 N–H and O–H groups in total. The summed E-state index contributed by atoms with van der Waals surface area (Å²) in [4.78, 5) is 15.7. The van der Waals surface area contributed by atoms with Gasteiger partial charge in [0.25, 0.3) is 0 Å². The van der Waals surface area contributed by atoms with E-state index in [1.165, 1.54) is 5.56 Å². The van der Waals surface area contributed by atoms with Crippen LogP contribution in [-0.2, 0) is 13.0 Å². The Kier molecular flexibility index (Phi) is 2.54. The van der Waals surface area contributed by atoms with Crippen molar-refractivity contribution in [2.45, 2.75) is 19.4 Å². The predicted octanol–water partition coefficient (Wildman–Crippen LogP) is 3.56. The molecule has 0 saturated heterocycles. The average Bonchev–Trinajstić information content (AvgIpc) is 2.71. The summed E-state index contributed by atoms with van der Waals surface area (Å²) >= 11 is 0. The fourth-order valence-corrected chi connectivity index (χ4v) is 3.23. The molecule has 0 bridgehead atoms. The van der Waals surface area contributed by atoms with Crippen molar-refractivity contribution in [3.05, 3.63) is 58.3 Å². The lowest BCUT2D eigenvalue weighted by Gasteiger charge is -2.06. The van der Waals surface area contributed by atoms with Crippen LogP contribution in [0.2, 0.25) is 0 Å². The monoisotopic (exact) mass is 279 g/mol. The van der Waals surface area contributed by atoms with Gasteiger partial charge in [0.15, 0.2) is 0 Å². The van der Waals surface area contributed by atoms with Crippen molar-refractivity contribution in [1.29, 1.82) is 0 Å². The van der Waals surface area contributed by atoms with Gasteiger partial charge >= 0.3 is 5.69 Å². The zero-order valence-electron chi connectivity index (χ0n) is 11.3. The molecule has 0 unspecified atom stereocenters. The standard InChI is InChI=1S/C16H13N3O2/c20-19(21)15-13-8-3-9-17-16(13)18-10-4-6-11-5-1-2-7-12(11)14(15)18/h1-3,5,7-9H,4,6,10H2. The molecule has 4 rings (SSSR count). The maximum atomic E-state index is 11.6. The van der Waals surface area contributed by atoms with E-state index in [1.807, 2.05) is 22.8 Å². The molecule has 0 saturated carbocycles. The van der Waals surface area contributed by atoms with E-state index in [0.29, 0.717) is 16.7 Å². The molecule has 5 heteroatoms. The van der Waals surface area contributed by atoms with Crippen LogP contribution in [0.25, 0.3) is 22.3 Å². The molecule has 21 heavy (non-hydrogen) atoms. The third kappa shape index (κ3) is 1.67. The molecule has 1 aliphatic rings. The third-order valence-corrected chi connectivity index (χ3v) is 4.07. The zero-order valence-corrected chi connectivity index (χ0v) is 11.3. The average molecular weight is 279 g/mol. The first-order valence-corrected chi connectivity index (χ1v) is 6.97. The molecule has 1 aromatic carbocycles. The Balaban J connectivity index is 2.19. The molecule has 0 spiro atoms. The zero-order chi connectivity index (χ0) is 14.4. The highest BCUT2D eigenvalue weighted by atomic mass is 16.6. The molecule has 0 radical (unpaired) electrons. The summed E-state index contributed by atoms with van der Waals surface area (Å²) in [6.45, 7) is 0.755. The molecule has 5 nitrogen and oxygen atoms in total. The van der Waals surface area contributed by atoms with Gasteiger partial charge in [0.2, 0.25) is 0 Å². The minimum Gasteiger partial charge on any atom is -0.319 e. The van der Waals surface area contributed by atoms with E-state index in [0.717, 1.165) is 24.9 Å². The van der Waals surface area contributed by atoms with Crippen molar-refractivity contribution >= 4 is 16.7 Å². The Morgan fingerprint density at radius 2 is 2.05 bits per heavy atom. The number of aromatic nitrogens is 2. The summed E-state index contributed by atoms with van der Waals surface area (Å²) in [5, 5.41) is 12.3. The van der Waals surface area contributed by atoms with E-state index >= 15 is 0 Å². The normalized spacial score (nSPS) is 13.5. The van der Waals surface area contributed by atoms with Crippen LogP contribution in [0.5, 0.6) is 0 Å². The number of hydrogen-bond donors (Lipinski definition) is 0. The van der Waals surface area contributed by atoms with Crippen molar-refractivity contribution in [2.24, 2.45) is 0 Å². The molecule has 0 fully saturated rings. The Morgan fingerprint density at radius 3 is 2.90 bits per heavy atom. The number of rotatable bonds is 1. The van der Waals surface area contributed by atoms with Gasteiger partial charge in [-0.05, 0) is 30.5 Å². The Morgan fingerprint density at radius 1 is 1.19 bits per heavy atom. The quantitative estimate of drug-likeness (QED) is 0.505. The van der Waals surface area contributed by atoms with Crippen LogP contribution in [0.4, 0.5) is 5.69 Å². The lowest BCUT2D eigenvalue weighted by Crippen LogP contribution is -1.99. The van der Waals surface area contributed by atoms with Crippen LogP contribution in [-0.4, -0.2) is 14.5 Å². The fraction of sp³-hybridized carbons (Fsp3) is 0.188. The van der Waals surface area contributed by atoms with Gasteiger partial charge in [-0.25, -0.2) is 4.98 Å². The van der Waals surface area contributed by atoms with Crippen molar-refractivity contribution in [1.82, 2.24) is 9.55 Å². The summed E-state index contributed by atoms with van der Waals surface area (Å²) in [5.74, 6) is 0. The lowest BCUT2D eigenvalue weighted by atomic mass is 10.0. The van der Waals surface area contributed by atoms with E-state index in [4.69, 9.17) is 0 Å². The highest BCUT2D eigenvalue weighted by molar-refractivity contribution is 5.97. The molecule has 0 aliphatic carbocycles. The van der Waals surface area contributed by atoms with Gasteiger partial charge in [-0.3, -0.25) is 10.1 Å².